The van der Waals surface area contributed by atoms with Crippen LogP contribution in [0.25, 0.3) is 5.65 Å². The lowest BCUT2D eigenvalue weighted by Crippen LogP contribution is -2.39. The molecule has 2 aromatic rings. The highest BCUT2D eigenvalue weighted by Gasteiger charge is 2.27. The molecule has 0 aromatic carbocycles. The Kier molecular flexibility index (Phi) is 2.86. The standard InChI is InChI=1S/C15H21N5/c1-11-6-4-5-9-19(11)15-13-8-3-2-7-12(13)14-17-16-10-20(14)18-15/h10-11H,2-9H2,1H3. The Bertz CT molecular complexity index is 632. The largest absolute Gasteiger partial charge is 0.352 e. The maximum Gasteiger partial charge on any atom is 0.181 e. The van der Waals surface area contributed by atoms with Gasteiger partial charge in [-0.15, -0.1) is 15.3 Å². The number of fused-ring (bicyclic) bond motifs is 3. The third kappa shape index (κ3) is 1.79. The van der Waals surface area contributed by atoms with Crippen LogP contribution in [0.3, 0.4) is 0 Å². The minimum Gasteiger partial charge on any atom is -0.352 e. The molecule has 2 aliphatic rings. The van der Waals surface area contributed by atoms with Gasteiger partial charge in [0.25, 0.3) is 0 Å². The highest BCUT2D eigenvalue weighted by atomic mass is 15.4. The molecule has 0 radical (unpaired) electrons. The molecule has 4 rings (SSSR count). The molecule has 1 aliphatic carbocycles. The zero-order valence-corrected chi connectivity index (χ0v) is 12.0. The molecule has 3 heterocycles. The van der Waals surface area contributed by atoms with Crippen molar-refractivity contribution in [3.8, 4) is 0 Å². The topological polar surface area (TPSA) is 46.3 Å². The predicted molar refractivity (Wildman–Crippen MR) is 78.1 cm³/mol. The fourth-order valence-electron chi connectivity index (χ4n) is 3.71. The van der Waals surface area contributed by atoms with Crippen molar-refractivity contribution in [3.05, 3.63) is 17.5 Å². The van der Waals surface area contributed by atoms with Crippen molar-refractivity contribution in [2.75, 3.05) is 11.4 Å². The summed E-state index contributed by atoms with van der Waals surface area (Å²) < 4.78 is 1.88. The van der Waals surface area contributed by atoms with E-state index in [0.717, 1.165) is 25.0 Å². The third-order valence-electron chi connectivity index (χ3n) is 4.82. The van der Waals surface area contributed by atoms with Crippen molar-refractivity contribution < 1.29 is 0 Å². The zero-order valence-electron chi connectivity index (χ0n) is 12.0. The molecule has 0 amide bonds. The molecule has 2 aromatic heterocycles. The van der Waals surface area contributed by atoms with E-state index in [-0.39, 0.29) is 0 Å². The monoisotopic (exact) mass is 271 g/mol. The van der Waals surface area contributed by atoms with Crippen LogP contribution in [0, 0.1) is 0 Å². The van der Waals surface area contributed by atoms with E-state index >= 15 is 0 Å². The summed E-state index contributed by atoms with van der Waals surface area (Å²) >= 11 is 0. The molecule has 106 valence electrons. The van der Waals surface area contributed by atoms with Gasteiger partial charge >= 0.3 is 0 Å². The van der Waals surface area contributed by atoms with Gasteiger partial charge in [-0.1, -0.05) is 0 Å². The minimum absolute atomic E-state index is 0.594. The van der Waals surface area contributed by atoms with Crippen molar-refractivity contribution in [2.24, 2.45) is 0 Å². The van der Waals surface area contributed by atoms with Crippen molar-refractivity contribution in [3.63, 3.8) is 0 Å². The van der Waals surface area contributed by atoms with Crippen LogP contribution >= 0.6 is 0 Å². The minimum atomic E-state index is 0.594. The molecule has 0 bridgehead atoms. The maximum absolute atomic E-state index is 4.84. The summed E-state index contributed by atoms with van der Waals surface area (Å²) in [6.45, 7) is 3.46. The molecular weight excluding hydrogens is 250 g/mol. The fraction of sp³-hybridized carbons (Fsp3) is 0.667. The summed E-state index contributed by atoms with van der Waals surface area (Å²) in [6.07, 6.45) is 10.4. The number of aromatic nitrogens is 4. The van der Waals surface area contributed by atoms with Gasteiger partial charge in [0.1, 0.15) is 6.33 Å². The van der Waals surface area contributed by atoms with E-state index in [9.17, 15) is 0 Å². The molecule has 0 saturated carbocycles. The first-order valence-electron chi connectivity index (χ1n) is 7.83. The van der Waals surface area contributed by atoms with E-state index in [1.807, 2.05) is 4.52 Å². The van der Waals surface area contributed by atoms with Gasteiger partial charge in [0.15, 0.2) is 11.5 Å². The predicted octanol–water partition coefficient (Wildman–Crippen LogP) is 2.38. The molecule has 1 atom stereocenters. The van der Waals surface area contributed by atoms with Crippen molar-refractivity contribution in [2.45, 2.75) is 57.9 Å². The Morgan fingerprint density at radius 2 is 1.95 bits per heavy atom. The first-order chi connectivity index (χ1) is 9.84. The molecule has 0 spiro atoms. The number of nitrogens with zero attached hydrogens (tertiary/aromatic N) is 5. The van der Waals surface area contributed by atoms with Crippen LogP contribution in [0.15, 0.2) is 6.33 Å². The lowest BCUT2D eigenvalue weighted by Gasteiger charge is -2.36. The summed E-state index contributed by atoms with van der Waals surface area (Å²) in [5.41, 5.74) is 3.79. The number of rotatable bonds is 1. The van der Waals surface area contributed by atoms with Crippen LogP contribution < -0.4 is 4.90 Å². The molecule has 20 heavy (non-hydrogen) atoms. The molecule has 1 aliphatic heterocycles. The number of hydrogen-bond acceptors (Lipinski definition) is 4. The Hall–Kier alpha value is -1.65. The van der Waals surface area contributed by atoms with Crippen LogP contribution in [0.4, 0.5) is 5.82 Å². The fourth-order valence-corrected chi connectivity index (χ4v) is 3.71. The summed E-state index contributed by atoms with van der Waals surface area (Å²) in [6, 6.07) is 0.594. The van der Waals surface area contributed by atoms with Gasteiger partial charge in [-0.2, -0.15) is 4.52 Å². The second-order valence-corrected chi connectivity index (χ2v) is 6.13. The smallest absolute Gasteiger partial charge is 0.181 e. The summed E-state index contributed by atoms with van der Waals surface area (Å²) in [4.78, 5) is 2.51. The second kappa shape index (κ2) is 4.72. The number of piperidine rings is 1. The second-order valence-electron chi connectivity index (χ2n) is 6.13. The Balaban J connectivity index is 1.89. The Morgan fingerprint density at radius 3 is 2.80 bits per heavy atom. The Labute approximate surface area is 119 Å². The highest BCUT2D eigenvalue weighted by molar-refractivity contribution is 5.61. The molecule has 1 fully saturated rings. The molecule has 1 unspecified atom stereocenters. The van der Waals surface area contributed by atoms with Gasteiger partial charge in [-0.3, -0.25) is 0 Å². The normalized spacial score (nSPS) is 23.1. The average molecular weight is 271 g/mol. The Morgan fingerprint density at radius 1 is 1.10 bits per heavy atom. The third-order valence-corrected chi connectivity index (χ3v) is 4.82. The van der Waals surface area contributed by atoms with E-state index in [1.54, 1.807) is 6.33 Å². The van der Waals surface area contributed by atoms with Gasteiger partial charge in [-0.05, 0) is 51.9 Å². The molecular formula is C15H21N5. The van der Waals surface area contributed by atoms with Crippen molar-refractivity contribution in [1.29, 1.82) is 0 Å². The molecule has 5 heteroatoms. The van der Waals surface area contributed by atoms with E-state index < -0.39 is 0 Å². The zero-order chi connectivity index (χ0) is 13.5. The van der Waals surface area contributed by atoms with E-state index in [2.05, 4.69) is 22.0 Å². The van der Waals surface area contributed by atoms with Gasteiger partial charge in [0.05, 0.1) is 0 Å². The van der Waals surface area contributed by atoms with Crippen LogP contribution in [0.1, 0.15) is 50.2 Å². The molecule has 5 nitrogen and oxygen atoms in total. The van der Waals surface area contributed by atoms with Crippen molar-refractivity contribution in [1.82, 2.24) is 19.8 Å². The number of anilines is 1. The van der Waals surface area contributed by atoms with Gasteiger partial charge < -0.3 is 4.90 Å². The lowest BCUT2D eigenvalue weighted by molar-refractivity contribution is 0.476. The number of aryl methyl sites for hydroxylation is 1. The van der Waals surface area contributed by atoms with Gasteiger partial charge in [-0.25, -0.2) is 0 Å². The first-order valence-corrected chi connectivity index (χ1v) is 7.83. The van der Waals surface area contributed by atoms with Crippen molar-refractivity contribution >= 4 is 11.5 Å². The average Bonchev–Trinajstić information content (AvgIpc) is 2.96. The quantitative estimate of drug-likeness (QED) is 0.799. The van der Waals surface area contributed by atoms with Crippen LogP contribution in [0.2, 0.25) is 0 Å². The van der Waals surface area contributed by atoms with Crippen LogP contribution in [-0.4, -0.2) is 32.4 Å². The van der Waals surface area contributed by atoms with Gasteiger partial charge in [0, 0.05) is 23.7 Å². The molecule has 0 N–H and O–H groups in total. The van der Waals surface area contributed by atoms with E-state index in [4.69, 9.17) is 5.10 Å². The molecule has 1 saturated heterocycles. The van der Waals surface area contributed by atoms with Crippen LogP contribution in [-0.2, 0) is 12.8 Å². The van der Waals surface area contributed by atoms with E-state index in [0.29, 0.717) is 6.04 Å². The van der Waals surface area contributed by atoms with E-state index in [1.165, 1.54) is 49.0 Å². The summed E-state index contributed by atoms with van der Waals surface area (Å²) in [5, 5.41) is 13.2. The highest BCUT2D eigenvalue weighted by Crippen LogP contribution is 2.33. The first kappa shape index (κ1) is 12.1. The summed E-state index contributed by atoms with van der Waals surface area (Å²) in [7, 11) is 0. The van der Waals surface area contributed by atoms with Gasteiger partial charge in [0.2, 0.25) is 0 Å². The summed E-state index contributed by atoms with van der Waals surface area (Å²) in [5.74, 6) is 1.19. The number of hydrogen-bond donors (Lipinski definition) is 0. The SMILES string of the molecule is CC1CCCCN1c1nn2cnnc2c2c1CCCC2. The van der Waals surface area contributed by atoms with Crippen LogP contribution in [0.5, 0.6) is 0 Å². The maximum atomic E-state index is 4.84. The lowest BCUT2D eigenvalue weighted by atomic mass is 9.92.